The third-order valence-electron chi connectivity index (χ3n) is 4.29. The number of rotatable bonds is 6. The number of piperazine rings is 1. The quantitative estimate of drug-likeness (QED) is 0.869. The third kappa shape index (κ3) is 5.37. The number of nitrogens with one attached hydrogen (secondary N) is 1. The number of carbonyl (C=O) groups is 1. The van der Waals surface area contributed by atoms with Crippen LogP contribution in [0.3, 0.4) is 0 Å². The summed E-state index contributed by atoms with van der Waals surface area (Å²) in [7, 11) is 0. The molecule has 0 radical (unpaired) electrons. The number of hydrogen-bond donors (Lipinski definition) is 1. The van der Waals surface area contributed by atoms with Gasteiger partial charge in [-0.1, -0.05) is 11.2 Å². The summed E-state index contributed by atoms with van der Waals surface area (Å²) in [6, 6.07) is 7.91. The van der Waals surface area contributed by atoms with Crippen LogP contribution in [0.25, 0.3) is 0 Å². The van der Waals surface area contributed by atoms with E-state index in [1.807, 2.05) is 13.0 Å². The van der Waals surface area contributed by atoms with Crippen LogP contribution in [0.2, 0.25) is 0 Å². The molecule has 0 bridgehead atoms. The minimum atomic E-state index is -0.351. The van der Waals surface area contributed by atoms with Gasteiger partial charge in [-0.05, 0) is 25.1 Å². The molecule has 0 aliphatic carbocycles. The Bertz CT molecular complexity index is 711. The molecule has 7 heteroatoms. The van der Waals surface area contributed by atoms with E-state index in [-0.39, 0.29) is 11.7 Å². The Morgan fingerprint density at radius 1 is 1.24 bits per heavy atom. The molecular formula is C18H23FN4O2. The van der Waals surface area contributed by atoms with Crippen LogP contribution in [0.4, 0.5) is 10.1 Å². The summed E-state index contributed by atoms with van der Waals surface area (Å²) in [5.41, 5.74) is 1.46. The van der Waals surface area contributed by atoms with Crippen LogP contribution in [-0.2, 0) is 11.3 Å². The van der Waals surface area contributed by atoms with Gasteiger partial charge in [0.2, 0.25) is 5.91 Å². The maximum Gasteiger partial charge on any atom is 0.225 e. The Morgan fingerprint density at radius 3 is 2.68 bits per heavy atom. The highest BCUT2D eigenvalue weighted by Crippen LogP contribution is 2.11. The highest BCUT2D eigenvalue weighted by molar-refractivity contribution is 5.90. The fraction of sp³-hybridized carbons (Fsp3) is 0.444. The first-order chi connectivity index (χ1) is 12.1. The fourth-order valence-electron chi connectivity index (χ4n) is 2.94. The molecule has 0 spiro atoms. The van der Waals surface area contributed by atoms with Crippen molar-refractivity contribution in [2.75, 3.05) is 38.0 Å². The summed E-state index contributed by atoms with van der Waals surface area (Å²) in [6.45, 7) is 7.12. The lowest BCUT2D eigenvalue weighted by molar-refractivity contribution is -0.116. The average Bonchev–Trinajstić information content (AvgIpc) is 2.99. The normalized spacial score (nSPS) is 16.1. The minimum absolute atomic E-state index is 0.0916. The lowest BCUT2D eigenvalue weighted by Gasteiger charge is -2.34. The van der Waals surface area contributed by atoms with Gasteiger partial charge in [0, 0.05) is 57.4 Å². The van der Waals surface area contributed by atoms with Crippen LogP contribution < -0.4 is 5.32 Å². The van der Waals surface area contributed by atoms with E-state index in [4.69, 9.17) is 4.52 Å². The van der Waals surface area contributed by atoms with Crippen LogP contribution >= 0.6 is 0 Å². The van der Waals surface area contributed by atoms with E-state index in [1.165, 1.54) is 12.1 Å². The molecule has 6 nitrogen and oxygen atoms in total. The molecule has 134 valence electrons. The van der Waals surface area contributed by atoms with Gasteiger partial charge >= 0.3 is 0 Å². The summed E-state index contributed by atoms with van der Waals surface area (Å²) >= 11 is 0. The molecule has 3 rings (SSSR count). The molecule has 25 heavy (non-hydrogen) atoms. The van der Waals surface area contributed by atoms with Crippen molar-refractivity contribution < 1.29 is 13.7 Å². The topological polar surface area (TPSA) is 61.6 Å². The zero-order valence-corrected chi connectivity index (χ0v) is 14.4. The van der Waals surface area contributed by atoms with E-state index in [0.717, 1.165) is 44.2 Å². The predicted molar refractivity (Wildman–Crippen MR) is 92.6 cm³/mol. The van der Waals surface area contributed by atoms with Gasteiger partial charge in [-0.2, -0.15) is 0 Å². The Morgan fingerprint density at radius 2 is 2.00 bits per heavy atom. The number of nitrogens with zero attached hydrogens (tertiary/aromatic N) is 3. The van der Waals surface area contributed by atoms with Crippen LogP contribution in [0.1, 0.15) is 17.9 Å². The number of halogens is 1. The van der Waals surface area contributed by atoms with Gasteiger partial charge in [0.25, 0.3) is 0 Å². The molecule has 0 saturated carbocycles. The smallest absolute Gasteiger partial charge is 0.225 e. The van der Waals surface area contributed by atoms with Crippen LogP contribution in [0.15, 0.2) is 34.9 Å². The van der Waals surface area contributed by atoms with Crippen molar-refractivity contribution in [3.8, 4) is 0 Å². The van der Waals surface area contributed by atoms with E-state index < -0.39 is 0 Å². The fourth-order valence-corrected chi connectivity index (χ4v) is 2.94. The number of hydrogen-bond acceptors (Lipinski definition) is 5. The summed E-state index contributed by atoms with van der Waals surface area (Å²) < 4.78 is 18.2. The molecule has 2 heterocycles. The van der Waals surface area contributed by atoms with Crippen LogP contribution in [0.5, 0.6) is 0 Å². The lowest BCUT2D eigenvalue weighted by atomic mass is 10.2. The van der Waals surface area contributed by atoms with E-state index in [0.29, 0.717) is 18.7 Å². The van der Waals surface area contributed by atoms with Crippen molar-refractivity contribution in [1.29, 1.82) is 0 Å². The molecule has 1 saturated heterocycles. The van der Waals surface area contributed by atoms with Gasteiger partial charge < -0.3 is 14.7 Å². The standard InChI is InChI=1S/C18H23FN4O2/c1-14-11-17(21-25-14)13-23-9-7-22(8-10-23)6-5-18(24)20-16-4-2-3-15(19)12-16/h2-4,11-12H,5-10,13H2,1H3,(H,20,24). The van der Waals surface area contributed by atoms with Crippen molar-refractivity contribution in [2.45, 2.75) is 19.9 Å². The maximum atomic E-state index is 13.1. The highest BCUT2D eigenvalue weighted by Gasteiger charge is 2.18. The molecule has 1 aromatic carbocycles. The van der Waals surface area contributed by atoms with E-state index >= 15 is 0 Å². The van der Waals surface area contributed by atoms with Crippen LogP contribution in [-0.4, -0.2) is 53.6 Å². The van der Waals surface area contributed by atoms with Gasteiger partial charge in [0.1, 0.15) is 11.6 Å². The summed E-state index contributed by atoms with van der Waals surface area (Å²) in [5, 5.41) is 6.76. The monoisotopic (exact) mass is 346 g/mol. The largest absolute Gasteiger partial charge is 0.361 e. The molecule has 1 aliphatic rings. The average molecular weight is 346 g/mol. The van der Waals surface area contributed by atoms with E-state index in [2.05, 4.69) is 20.3 Å². The van der Waals surface area contributed by atoms with E-state index in [1.54, 1.807) is 12.1 Å². The SMILES string of the molecule is Cc1cc(CN2CCN(CCC(=O)Nc3cccc(F)c3)CC2)no1. The van der Waals surface area contributed by atoms with E-state index in [9.17, 15) is 9.18 Å². The minimum Gasteiger partial charge on any atom is -0.361 e. The summed E-state index contributed by atoms with van der Waals surface area (Å²) in [4.78, 5) is 16.6. The van der Waals surface area contributed by atoms with Crippen molar-refractivity contribution >= 4 is 11.6 Å². The van der Waals surface area contributed by atoms with Gasteiger partial charge in [0.15, 0.2) is 0 Å². The number of anilines is 1. The molecule has 2 aromatic rings. The number of aromatic nitrogens is 1. The van der Waals surface area contributed by atoms with Crippen molar-refractivity contribution in [3.63, 3.8) is 0 Å². The van der Waals surface area contributed by atoms with Crippen molar-refractivity contribution in [1.82, 2.24) is 15.0 Å². The molecule has 1 fully saturated rings. The Kier molecular flexibility index (Phi) is 5.78. The molecule has 0 unspecified atom stereocenters. The Balaban J connectivity index is 1.36. The summed E-state index contributed by atoms with van der Waals surface area (Å²) in [5.74, 6) is 0.389. The molecular weight excluding hydrogens is 323 g/mol. The molecule has 0 atom stereocenters. The predicted octanol–water partition coefficient (Wildman–Crippen LogP) is 2.27. The van der Waals surface area contributed by atoms with Gasteiger partial charge in [-0.25, -0.2) is 4.39 Å². The highest BCUT2D eigenvalue weighted by atomic mass is 19.1. The Labute approximate surface area is 146 Å². The van der Waals surface area contributed by atoms with Crippen LogP contribution in [0, 0.1) is 12.7 Å². The second-order valence-corrected chi connectivity index (χ2v) is 6.36. The third-order valence-corrected chi connectivity index (χ3v) is 4.29. The molecule has 1 amide bonds. The number of amides is 1. The first-order valence-corrected chi connectivity index (χ1v) is 8.51. The number of carbonyl (C=O) groups excluding carboxylic acids is 1. The number of aryl methyl sites for hydroxylation is 1. The first-order valence-electron chi connectivity index (χ1n) is 8.51. The second-order valence-electron chi connectivity index (χ2n) is 6.36. The van der Waals surface area contributed by atoms with Gasteiger partial charge in [-0.3, -0.25) is 9.69 Å². The van der Waals surface area contributed by atoms with Crippen molar-refractivity contribution in [2.24, 2.45) is 0 Å². The zero-order chi connectivity index (χ0) is 17.6. The van der Waals surface area contributed by atoms with Gasteiger partial charge in [-0.15, -0.1) is 0 Å². The molecule has 1 N–H and O–H groups in total. The zero-order valence-electron chi connectivity index (χ0n) is 14.4. The Hall–Kier alpha value is -2.25. The first kappa shape index (κ1) is 17.6. The summed E-state index contributed by atoms with van der Waals surface area (Å²) in [6.07, 6.45) is 0.402. The molecule has 1 aromatic heterocycles. The lowest BCUT2D eigenvalue weighted by Crippen LogP contribution is -2.46. The second kappa shape index (κ2) is 8.22. The maximum absolute atomic E-state index is 13.1. The molecule has 1 aliphatic heterocycles. The number of benzene rings is 1. The van der Waals surface area contributed by atoms with Gasteiger partial charge in [0.05, 0.1) is 5.69 Å². The van der Waals surface area contributed by atoms with Crippen molar-refractivity contribution in [3.05, 3.63) is 47.6 Å².